The standard InChI is InChI=1S/C20H23NO3/c1-20(2,3)16-10-8-14(9-11-16)19(23)15-6-5-7-17(12-15)21-18(22)13-24-4/h5-12H,13H2,1-4H3,(H,21,22). The van der Waals surface area contributed by atoms with E-state index in [2.05, 4.69) is 26.1 Å². The van der Waals surface area contributed by atoms with Gasteiger partial charge in [-0.05, 0) is 23.1 Å². The van der Waals surface area contributed by atoms with Crippen molar-refractivity contribution in [3.8, 4) is 0 Å². The predicted octanol–water partition coefficient (Wildman–Crippen LogP) is 3.80. The Morgan fingerprint density at radius 1 is 1.00 bits per heavy atom. The summed E-state index contributed by atoms with van der Waals surface area (Å²) in [7, 11) is 1.46. The minimum atomic E-state index is -0.253. The second kappa shape index (κ2) is 7.41. The highest BCUT2D eigenvalue weighted by Gasteiger charge is 2.15. The van der Waals surface area contributed by atoms with Gasteiger partial charge >= 0.3 is 0 Å². The molecule has 0 fully saturated rings. The molecule has 4 nitrogen and oxygen atoms in total. The molecule has 0 aliphatic rings. The first-order valence-electron chi connectivity index (χ1n) is 7.85. The number of carbonyl (C=O) groups excluding carboxylic acids is 2. The maximum absolute atomic E-state index is 12.6. The average molecular weight is 325 g/mol. The Kier molecular flexibility index (Phi) is 5.52. The van der Waals surface area contributed by atoms with Crippen LogP contribution in [0.15, 0.2) is 48.5 Å². The lowest BCUT2D eigenvalue weighted by atomic mass is 9.86. The zero-order valence-corrected chi connectivity index (χ0v) is 14.6. The number of benzene rings is 2. The Morgan fingerprint density at radius 2 is 1.67 bits per heavy atom. The Balaban J connectivity index is 2.19. The highest BCUT2D eigenvalue weighted by molar-refractivity contribution is 6.09. The van der Waals surface area contributed by atoms with Crippen molar-refractivity contribution in [1.29, 1.82) is 0 Å². The van der Waals surface area contributed by atoms with Gasteiger partial charge in [0.05, 0.1) is 0 Å². The first-order valence-corrected chi connectivity index (χ1v) is 7.85. The van der Waals surface area contributed by atoms with E-state index >= 15 is 0 Å². The predicted molar refractivity (Wildman–Crippen MR) is 95.5 cm³/mol. The lowest BCUT2D eigenvalue weighted by molar-refractivity contribution is -0.119. The number of ketones is 1. The van der Waals surface area contributed by atoms with Gasteiger partial charge in [-0.3, -0.25) is 9.59 Å². The normalized spacial score (nSPS) is 11.2. The van der Waals surface area contributed by atoms with Crippen molar-refractivity contribution < 1.29 is 14.3 Å². The highest BCUT2D eigenvalue weighted by Crippen LogP contribution is 2.23. The lowest BCUT2D eigenvalue weighted by Gasteiger charge is -2.19. The van der Waals surface area contributed by atoms with E-state index in [1.54, 1.807) is 24.3 Å². The van der Waals surface area contributed by atoms with Gasteiger partial charge < -0.3 is 10.1 Å². The topological polar surface area (TPSA) is 55.4 Å². The van der Waals surface area contributed by atoms with Crippen LogP contribution in [-0.2, 0) is 14.9 Å². The first-order chi connectivity index (χ1) is 11.3. The number of amides is 1. The summed E-state index contributed by atoms with van der Waals surface area (Å²) in [6.07, 6.45) is 0. The molecule has 0 aliphatic heterocycles. The van der Waals surface area contributed by atoms with Crippen molar-refractivity contribution in [3.05, 3.63) is 65.2 Å². The van der Waals surface area contributed by atoms with Gasteiger partial charge in [0.15, 0.2) is 5.78 Å². The van der Waals surface area contributed by atoms with Gasteiger partial charge in [-0.15, -0.1) is 0 Å². The summed E-state index contributed by atoms with van der Waals surface area (Å²) in [5, 5.41) is 2.70. The average Bonchev–Trinajstić information content (AvgIpc) is 2.54. The van der Waals surface area contributed by atoms with Crippen molar-refractivity contribution in [2.24, 2.45) is 0 Å². The van der Waals surface area contributed by atoms with Gasteiger partial charge in [-0.1, -0.05) is 57.2 Å². The summed E-state index contributed by atoms with van der Waals surface area (Å²) in [6.45, 7) is 6.38. The number of nitrogens with one attached hydrogen (secondary N) is 1. The van der Waals surface area contributed by atoms with Crippen LogP contribution in [0, 0.1) is 0 Å². The summed E-state index contributed by atoms with van der Waals surface area (Å²) >= 11 is 0. The van der Waals surface area contributed by atoms with Crippen LogP contribution in [-0.4, -0.2) is 25.4 Å². The van der Waals surface area contributed by atoms with Crippen LogP contribution in [0.3, 0.4) is 0 Å². The number of ether oxygens (including phenoxy) is 1. The Bertz CT molecular complexity index is 727. The number of anilines is 1. The van der Waals surface area contributed by atoms with E-state index in [-0.39, 0.29) is 23.7 Å². The van der Waals surface area contributed by atoms with Gasteiger partial charge in [0.1, 0.15) is 6.61 Å². The van der Waals surface area contributed by atoms with E-state index in [4.69, 9.17) is 4.74 Å². The van der Waals surface area contributed by atoms with Crippen LogP contribution >= 0.6 is 0 Å². The minimum Gasteiger partial charge on any atom is -0.375 e. The van der Waals surface area contributed by atoms with Crippen molar-refractivity contribution in [3.63, 3.8) is 0 Å². The molecule has 24 heavy (non-hydrogen) atoms. The molecule has 0 radical (unpaired) electrons. The lowest BCUT2D eigenvalue weighted by Crippen LogP contribution is -2.17. The Hall–Kier alpha value is -2.46. The van der Waals surface area contributed by atoms with Crippen LogP contribution in [0.1, 0.15) is 42.3 Å². The summed E-state index contributed by atoms with van der Waals surface area (Å²) in [4.78, 5) is 24.2. The fraction of sp³-hybridized carbons (Fsp3) is 0.300. The van der Waals surface area contributed by atoms with Gasteiger partial charge in [-0.25, -0.2) is 0 Å². The van der Waals surface area contributed by atoms with E-state index < -0.39 is 0 Å². The van der Waals surface area contributed by atoms with Crippen LogP contribution < -0.4 is 5.32 Å². The summed E-state index contributed by atoms with van der Waals surface area (Å²) < 4.78 is 4.78. The summed E-state index contributed by atoms with van der Waals surface area (Å²) in [6, 6.07) is 14.6. The van der Waals surface area contributed by atoms with E-state index in [9.17, 15) is 9.59 Å². The molecule has 0 aromatic heterocycles. The molecule has 0 spiro atoms. The zero-order chi connectivity index (χ0) is 17.7. The third kappa shape index (κ3) is 4.52. The fourth-order valence-corrected chi connectivity index (χ4v) is 2.35. The van der Waals surface area contributed by atoms with E-state index in [1.165, 1.54) is 12.7 Å². The minimum absolute atomic E-state index is 0.0214. The van der Waals surface area contributed by atoms with E-state index in [1.807, 2.05) is 24.3 Å². The van der Waals surface area contributed by atoms with Crippen molar-refractivity contribution in [2.45, 2.75) is 26.2 Å². The Labute approximate surface area is 142 Å². The van der Waals surface area contributed by atoms with E-state index in [0.29, 0.717) is 16.8 Å². The van der Waals surface area contributed by atoms with E-state index in [0.717, 1.165) is 0 Å². The molecule has 2 aromatic carbocycles. The van der Waals surface area contributed by atoms with Gasteiger partial charge in [0.2, 0.25) is 5.91 Å². The number of hydrogen-bond donors (Lipinski definition) is 1. The molecule has 1 amide bonds. The van der Waals surface area contributed by atoms with Gasteiger partial charge in [-0.2, -0.15) is 0 Å². The molecule has 0 unspecified atom stereocenters. The smallest absolute Gasteiger partial charge is 0.250 e. The second-order valence-corrected chi connectivity index (χ2v) is 6.72. The van der Waals surface area contributed by atoms with Crippen LogP contribution in [0.25, 0.3) is 0 Å². The van der Waals surface area contributed by atoms with Crippen LogP contribution in [0.4, 0.5) is 5.69 Å². The number of carbonyl (C=O) groups is 2. The SMILES string of the molecule is COCC(=O)Nc1cccc(C(=O)c2ccc(C(C)(C)C)cc2)c1. The molecule has 0 saturated carbocycles. The Morgan fingerprint density at radius 3 is 2.25 bits per heavy atom. The summed E-state index contributed by atoms with van der Waals surface area (Å²) in [5.41, 5.74) is 2.97. The van der Waals surface area contributed by atoms with Crippen LogP contribution in [0.5, 0.6) is 0 Å². The number of rotatable bonds is 5. The second-order valence-electron chi connectivity index (χ2n) is 6.72. The fourth-order valence-electron chi connectivity index (χ4n) is 2.35. The molecule has 0 bridgehead atoms. The first kappa shape index (κ1) is 17.9. The highest BCUT2D eigenvalue weighted by atomic mass is 16.5. The third-order valence-electron chi connectivity index (χ3n) is 3.70. The molecule has 0 aliphatic carbocycles. The maximum Gasteiger partial charge on any atom is 0.250 e. The molecule has 0 heterocycles. The number of methoxy groups -OCH3 is 1. The molecule has 4 heteroatoms. The molecular formula is C20H23NO3. The maximum atomic E-state index is 12.6. The summed E-state index contributed by atoms with van der Waals surface area (Å²) in [5.74, 6) is -0.324. The monoisotopic (exact) mass is 325 g/mol. The van der Waals surface area contributed by atoms with Crippen molar-refractivity contribution >= 4 is 17.4 Å². The molecule has 2 aromatic rings. The van der Waals surface area contributed by atoms with Crippen molar-refractivity contribution in [1.82, 2.24) is 0 Å². The largest absolute Gasteiger partial charge is 0.375 e. The van der Waals surface area contributed by atoms with Gasteiger partial charge in [0.25, 0.3) is 0 Å². The van der Waals surface area contributed by atoms with Gasteiger partial charge in [0, 0.05) is 23.9 Å². The molecule has 126 valence electrons. The molecule has 1 N–H and O–H groups in total. The molecule has 0 atom stereocenters. The van der Waals surface area contributed by atoms with Crippen molar-refractivity contribution in [2.75, 3.05) is 19.0 Å². The zero-order valence-electron chi connectivity index (χ0n) is 14.6. The molecular weight excluding hydrogens is 302 g/mol. The molecule has 0 saturated heterocycles. The third-order valence-corrected chi connectivity index (χ3v) is 3.70. The molecule has 2 rings (SSSR count). The number of hydrogen-bond acceptors (Lipinski definition) is 3. The quantitative estimate of drug-likeness (QED) is 0.851. The van der Waals surface area contributed by atoms with Crippen LogP contribution in [0.2, 0.25) is 0 Å².